The quantitative estimate of drug-likeness (QED) is 0.752. The summed E-state index contributed by atoms with van der Waals surface area (Å²) in [6.07, 6.45) is 4.51. The molecule has 3 heteroatoms. The third-order valence-electron chi connectivity index (χ3n) is 3.56. The lowest BCUT2D eigenvalue weighted by Crippen LogP contribution is -2.40. The highest BCUT2D eigenvalue weighted by Gasteiger charge is 2.24. The molecular weight excluding hydrogens is 200 g/mol. The Balaban J connectivity index is 2.15. The van der Waals surface area contributed by atoms with Gasteiger partial charge in [-0.25, -0.2) is 0 Å². The van der Waals surface area contributed by atoms with Crippen molar-refractivity contribution >= 4 is 5.91 Å². The Morgan fingerprint density at radius 1 is 1.31 bits per heavy atom. The van der Waals surface area contributed by atoms with Crippen LogP contribution in [0.2, 0.25) is 0 Å². The first-order chi connectivity index (χ1) is 7.63. The van der Waals surface area contributed by atoms with Crippen molar-refractivity contribution in [3.63, 3.8) is 0 Å². The maximum absolute atomic E-state index is 11.3. The summed E-state index contributed by atoms with van der Waals surface area (Å²) in [7, 11) is 0. The predicted molar refractivity (Wildman–Crippen MR) is 67.3 cm³/mol. The molecule has 0 bridgehead atoms. The van der Waals surface area contributed by atoms with Gasteiger partial charge >= 0.3 is 0 Å². The standard InChI is InChI=1S/C13H26N2O/c1-4-14-13(16)7-8-15-12-6-5-10(2)9-11(12)3/h10-12,15H,4-9H2,1-3H3,(H,14,16). The molecule has 0 aromatic carbocycles. The van der Waals surface area contributed by atoms with Gasteiger partial charge in [-0.2, -0.15) is 0 Å². The smallest absolute Gasteiger partial charge is 0.221 e. The fraction of sp³-hybridized carbons (Fsp3) is 0.923. The predicted octanol–water partition coefficient (Wildman–Crippen LogP) is 1.93. The minimum absolute atomic E-state index is 0.159. The van der Waals surface area contributed by atoms with Crippen LogP contribution in [0.1, 0.15) is 46.5 Å². The molecule has 0 heterocycles. The lowest BCUT2D eigenvalue weighted by atomic mass is 9.80. The average molecular weight is 226 g/mol. The van der Waals surface area contributed by atoms with Crippen LogP contribution in [0, 0.1) is 11.8 Å². The normalized spacial score (nSPS) is 30.1. The first kappa shape index (κ1) is 13.5. The molecule has 0 aliphatic heterocycles. The molecule has 1 saturated carbocycles. The minimum atomic E-state index is 0.159. The van der Waals surface area contributed by atoms with Crippen molar-refractivity contribution < 1.29 is 4.79 Å². The summed E-state index contributed by atoms with van der Waals surface area (Å²) in [5.74, 6) is 1.78. The molecule has 1 amide bonds. The van der Waals surface area contributed by atoms with Gasteiger partial charge in [0.05, 0.1) is 0 Å². The Morgan fingerprint density at radius 3 is 2.69 bits per heavy atom. The van der Waals surface area contributed by atoms with Crippen molar-refractivity contribution in [1.29, 1.82) is 0 Å². The van der Waals surface area contributed by atoms with Crippen molar-refractivity contribution in [1.82, 2.24) is 10.6 Å². The first-order valence-electron chi connectivity index (χ1n) is 6.63. The van der Waals surface area contributed by atoms with Gasteiger partial charge in [-0.15, -0.1) is 0 Å². The number of hydrogen-bond acceptors (Lipinski definition) is 2. The second-order valence-electron chi connectivity index (χ2n) is 5.16. The first-order valence-corrected chi connectivity index (χ1v) is 6.63. The minimum Gasteiger partial charge on any atom is -0.356 e. The lowest BCUT2D eigenvalue weighted by Gasteiger charge is -2.33. The van der Waals surface area contributed by atoms with E-state index in [4.69, 9.17) is 0 Å². The van der Waals surface area contributed by atoms with Crippen molar-refractivity contribution in [2.45, 2.75) is 52.5 Å². The highest BCUT2D eigenvalue weighted by Crippen LogP contribution is 2.28. The third-order valence-corrected chi connectivity index (χ3v) is 3.56. The zero-order valence-corrected chi connectivity index (χ0v) is 10.9. The molecule has 1 fully saturated rings. The zero-order chi connectivity index (χ0) is 12.0. The van der Waals surface area contributed by atoms with Crippen molar-refractivity contribution in [2.75, 3.05) is 13.1 Å². The van der Waals surface area contributed by atoms with E-state index in [-0.39, 0.29) is 5.91 Å². The fourth-order valence-electron chi connectivity index (χ4n) is 2.63. The maximum atomic E-state index is 11.3. The van der Waals surface area contributed by atoms with Gasteiger partial charge in [0, 0.05) is 25.6 Å². The van der Waals surface area contributed by atoms with Gasteiger partial charge in [0.2, 0.25) is 5.91 Å². The molecule has 3 unspecified atom stereocenters. The Labute approximate surface area is 99.4 Å². The van der Waals surface area contributed by atoms with Crippen molar-refractivity contribution in [2.24, 2.45) is 11.8 Å². The zero-order valence-electron chi connectivity index (χ0n) is 10.9. The maximum Gasteiger partial charge on any atom is 0.221 e. The van der Waals surface area contributed by atoms with Gasteiger partial charge in [0.25, 0.3) is 0 Å². The van der Waals surface area contributed by atoms with E-state index >= 15 is 0 Å². The molecule has 1 aliphatic rings. The number of amides is 1. The van der Waals surface area contributed by atoms with Crippen LogP contribution in [0.15, 0.2) is 0 Å². The SMILES string of the molecule is CCNC(=O)CCNC1CCC(C)CC1C. The molecule has 16 heavy (non-hydrogen) atoms. The number of hydrogen-bond donors (Lipinski definition) is 2. The third kappa shape index (κ3) is 4.52. The summed E-state index contributed by atoms with van der Waals surface area (Å²) in [6, 6.07) is 0.616. The van der Waals surface area contributed by atoms with Gasteiger partial charge in [-0.1, -0.05) is 13.8 Å². The van der Waals surface area contributed by atoms with Crippen molar-refractivity contribution in [3.05, 3.63) is 0 Å². The summed E-state index contributed by atoms with van der Waals surface area (Å²) >= 11 is 0. The highest BCUT2D eigenvalue weighted by molar-refractivity contribution is 5.75. The van der Waals surface area contributed by atoms with Crippen LogP contribution < -0.4 is 10.6 Å². The monoisotopic (exact) mass is 226 g/mol. The van der Waals surface area contributed by atoms with Crippen LogP contribution in [0.5, 0.6) is 0 Å². The van der Waals surface area contributed by atoms with Crippen LogP contribution in [-0.2, 0) is 4.79 Å². The van der Waals surface area contributed by atoms with E-state index in [1.54, 1.807) is 0 Å². The van der Waals surface area contributed by atoms with Crippen LogP contribution >= 0.6 is 0 Å². The lowest BCUT2D eigenvalue weighted by molar-refractivity contribution is -0.120. The topological polar surface area (TPSA) is 41.1 Å². The van der Waals surface area contributed by atoms with Gasteiger partial charge < -0.3 is 10.6 Å². The van der Waals surface area contributed by atoms with Crippen LogP contribution in [0.3, 0.4) is 0 Å². The molecule has 2 N–H and O–H groups in total. The van der Waals surface area contributed by atoms with E-state index in [0.717, 1.165) is 24.9 Å². The second kappa shape index (κ2) is 6.89. The molecule has 1 rings (SSSR count). The summed E-state index contributed by atoms with van der Waals surface area (Å²) < 4.78 is 0. The molecule has 1 aliphatic carbocycles. The van der Waals surface area contributed by atoms with Crippen LogP contribution in [-0.4, -0.2) is 25.0 Å². The molecule has 3 nitrogen and oxygen atoms in total. The molecule has 0 aromatic rings. The van der Waals surface area contributed by atoms with Gasteiger partial charge in [0.15, 0.2) is 0 Å². The van der Waals surface area contributed by atoms with Gasteiger partial charge in [-0.05, 0) is 38.0 Å². The summed E-state index contributed by atoms with van der Waals surface area (Å²) in [4.78, 5) is 11.3. The Kier molecular flexibility index (Phi) is 5.81. The van der Waals surface area contributed by atoms with E-state index < -0.39 is 0 Å². The summed E-state index contributed by atoms with van der Waals surface area (Å²) in [5, 5.41) is 6.34. The number of rotatable bonds is 5. The van der Waals surface area contributed by atoms with Crippen LogP contribution in [0.4, 0.5) is 0 Å². The molecule has 94 valence electrons. The number of nitrogens with one attached hydrogen (secondary N) is 2. The van der Waals surface area contributed by atoms with Gasteiger partial charge in [0.1, 0.15) is 0 Å². The van der Waals surface area contributed by atoms with E-state index in [0.29, 0.717) is 12.5 Å². The molecule has 0 aromatic heterocycles. The highest BCUT2D eigenvalue weighted by atomic mass is 16.1. The number of carbonyl (C=O) groups excluding carboxylic acids is 1. The van der Waals surface area contributed by atoms with Crippen LogP contribution in [0.25, 0.3) is 0 Å². The average Bonchev–Trinajstić information content (AvgIpc) is 2.22. The van der Waals surface area contributed by atoms with E-state index in [2.05, 4.69) is 24.5 Å². The molecule has 0 saturated heterocycles. The molecule has 0 radical (unpaired) electrons. The Bertz CT molecular complexity index is 218. The summed E-state index contributed by atoms with van der Waals surface area (Å²) in [6.45, 7) is 8.15. The molecular formula is C13H26N2O. The molecule has 0 spiro atoms. The second-order valence-corrected chi connectivity index (χ2v) is 5.16. The Hall–Kier alpha value is -0.570. The van der Waals surface area contributed by atoms with E-state index in [1.807, 2.05) is 6.92 Å². The number of carbonyl (C=O) groups is 1. The summed E-state index contributed by atoms with van der Waals surface area (Å²) in [5.41, 5.74) is 0. The van der Waals surface area contributed by atoms with E-state index in [9.17, 15) is 4.79 Å². The fourth-order valence-corrected chi connectivity index (χ4v) is 2.63. The van der Waals surface area contributed by atoms with E-state index in [1.165, 1.54) is 19.3 Å². The largest absolute Gasteiger partial charge is 0.356 e. The Morgan fingerprint density at radius 2 is 2.06 bits per heavy atom. The molecule has 3 atom stereocenters. The van der Waals surface area contributed by atoms with Crippen molar-refractivity contribution in [3.8, 4) is 0 Å². The van der Waals surface area contributed by atoms with Gasteiger partial charge in [-0.3, -0.25) is 4.79 Å².